The Labute approximate surface area is 411 Å². The Balaban J connectivity index is 0.000000860. The van der Waals surface area contributed by atoms with E-state index in [-0.39, 0.29) is 43.2 Å². The van der Waals surface area contributed by atoms with Gasteiger partial charge in [0.15, 0.2) is 0 Å². The SMILES string of the molecule is O=C(Nc1ccc(F)cc1)c1ccc(N2CCCCC2)cc1.O=C(Nc1ccc(F)cc1)c1ccc(N2CCNCC2)cc1.O=CC(F)(F)F.[CH3-].[CH3-].[I][V]([I])[I].[I][V][I]. The second-order valence-electron chi connectivity index (χ2n) is 11.7. The number of nitrogens with one attached hydrogen (secondary N) is 3. The summed E-state index contributed by atoms with van der Waals surface area (Å²) in [6, 6.07) is 26.7. The van der Waals surface area contributed by atoms with Gasteiger partial charge in [0, 0.05) is 73.1 Å². The van der Waals surface area contributed by atoms with Crippen LogP contribution < -0.4 is 25.8 Å². The predicted octanol–water partition coefficient (Wildman–Crippen LogP) is 12.6. The van der Waals surface area contributed by atoms with E-state index in [0.29, 0.717) is 32.0 Å². The number of rotatable bonds is 6. The van der Waals surface area contributed by atoms with Gasteiger partial charge in [0.1, 0.15) is 11.6 Å². The van der Waals surface area contributed by atoms with Gasteiger partial charge < -0.3 is 40.6 Å². The first-order valence-corrected chi connectivity index (χ1v) is 39.5. The number of piperazine rings is 1. The van der Waals surface area contributed by atoms with Crippen LogP contribution in [0.4, 0.5) is 44.7 Å². The van der Waals surface area contributed by atoms with Crippen molar-refractivity contribution in [2.75, 3.05) is 59.7 Å². The van der Waals surface area contributed by atoms with Crippen LogP contribution >= 0.6 is 99.9 Å². The molecule has 2 aliphatic heterocycles. The fourth-order valence-corrected chi connectivity index (χ4v) is 5.20. The molecule has 59 heavy (non-hydrogen) atoms. The zero-order valence-electron chi connectivity index (χ0n) is 32.0. The molecule has 20 heteroatoms. The summed E-state index contributed by atoms with van der Waals surface area (Å²) >= 11 is 12.1. The topological polar surface area (TPSA) is 93.8 Å². The Hall–Kier alpha value is -0.481. The standard InChI is InChI=1S/C18H19FN2O.C17H18FN3O.C2HF3O.2CH3.5HI.2V/c19-15-6-8-16(9-7-15)20-18(22)14-4-10-17(11-5-14)21-12-2-1-3-13-21;18-14-3-5-15(6-4-14)20-17(22)13-1-7-16(8-2-13)21-11-9-19-10-12-21;3-2(4,5)1-6;;;;;;;;;/h4-11H,1-3,12-13H2,(H,20,22);1-8,19H,9-12H2,(H,20,22);1H;2*1H3;5*1H;;/q;;;2*-1;;;;;;+2;+3/p-5. The van der Waals surface area contributed by atoms with Gasteiger partial charge in [-0.3, -0.25) is 14.4 Å². The van der Waals surface area contributed by atoms with Crippen molar-refractivity contribution in [1.29, 1.82) is 0 Å². The van der Waals surface area contributed by atoms with Crippen molar-refractivity contribution >= 4 is 141 Å². The van der Waals surface area contributed by atoms with Crippen LogP contribution in [0.2, 0.25) is 0 Å². The van der Waals surface area contributed by atoms with E-state index in [1.54, 1.807) is 24.3 Å². The summed E-state index contributed by atoms with van der Waals surface area (Å²) in [5.41, 5.74) is 4.65. The van der Waals surface area contributed by atoms with Crippen molar-refractivity contribution in [3.8, 4) is 0 Å². The summed E-state index contributed by atoms with van der Waals surface area (Å²) in [6.45, 7) is 6.07. The molecule has 0 unspecified atom stereocenters. The number of anilines is 4. The van der Waals surface area contributed by atoms with E-state index in [2.05, 4.69) is 126 Å². The molecular formula is C39H44F5I5N5O3V2-2. The molecule has 3 N–H and O–H groups in total. The van der Waals surface area contributed by atoms with Gasteiger partial charge in [0.25, 0.3) is 11.8 Å². The summed E-state index contributed by atoms with van der Waals surface area (Å²) in [7, 11) is 0.628. The van der Waals surface area contributed by atoms with E-state index >= 15 is 0 Å². The minimum absolute atomic E-state index is 0. The minimum atomic E-state index is -4.64. The number of amides is 2. The summed E-state index contributed by atoms with van der Waals surface area (Å²) < 4.78 is 56.9. The third-order valence-electron chi connectivity index (χ3n) is 7.80. The molecule has 0 saturated carbocycles. The molecule has 0 bridgehead atoms. The first-order chi connectivity index (χ1) is 27.1. The second-order valence-corrected chi connectivity index (χ2v) is 58.9. The number of alkyl halides is 3. The van der Waals surface area contributed by atoms with Crippen LogP contribution in [0.1, 0.15) is 40.0 Å². The normalized spacial score (nSPS) is 12.9. The Bertz CT molecular complexity index is 1640. The Kier molecular flexibility index (Phi) is 32.8. The van der Waals surface area contributed by atoms with Crippen LogP contribution in [-0.4, -0.2) is 63.5 Å². The van der Waals surface area contributed by atoms with Crippen LogP contribution in [0.25, 0.3) is 0 Å². The maximum absolute atomic E-state index is 12.9. The number of hydrogen-bond donors (Lipinski definition) is 3. The maximum atomic E-state index is 12.9. The molecule has 4 aromatic rings. The third-order valence-corrected chi connectivity index (χ3v) is 7.80. The zero-order valence-corrected chi connectivity index (χ0v) is 45.6. The van der Waals surface area contributed by atoms with Crippen molar-refractivity contribution in [3.05, 3.63) is 135 Å². The van der Waals surface area contributed by atoms with Crippen LogP contribution in [0.3, 0.4) is 0 Å². The van der Waals surface area contributed by atoms with Gasteiger partial charge >= 0.3 is 120 Å². The Morgan fingerprint density at radius 2 is 0.932 bits per heavy atom. The first kappa shape index (κ1) is 58.5. The predicted molar refractivity (Wildman–Crippen MR) is 268 cm³/mol. The summed E-state index contributed by atoms with van der Waals surface area (Å²) in [5, 5.41) is 8.83. The van der Waals surface area contributed by atoms with Crippen LogP contribution in [0, 0.1) is 26.5 Å². The van der Waals surface area contributed by atoms with Gasteiger partial charge in [0.05, 0.1) is 0 Å². The Morgan fingerprint density at radius 3 is 1.24 bits per heavy atom. The van der Waals surface area contributed by atoms with E-state index in [1.807, 2.05) is 48.5 Å². The molecular weight excluding hydrogens is 1420 g/mol. The van der Waals surface area contributed by atoms with Gasteiger partial charge in [-0.1, -0.05) is 0 Å². The number of carbonyl (C=O) groups is 3. The van der Waals surface area contributed by atoms with E-state index in [0.717, 1.165) is 50.6 Å². The van der Waals surface area contributed by atoms with E-state index < -0.39 is 12.5 Å². The molecule has 6 rings (SSSR count). The fourth-order valence-electron chi connectivity index (χ4n) is 5.20. The molecule has 0 spiro atoms. The van der Waals surface area contributed by atoms with Crippen molar-refractivity contribution in [1.82, 2.24) is 5.32 Å². The van der Waals surface area contributed by atoms with Gasteiger partial charge in [-0.2, -0.15) is 13.2 Å². The molecule has 2 aliphatic rings. The van der Waals surface area contributed by atoms with Gasteiger partial charge in [-0.05, 0) is 116 Å². The van der Waals surface area contributed by atoms with Crippen molar-refractivity contribution in [3.63, 3.8) is 0 Å². The van der Waals surface area contributed by atoms with E-state index in [9.17, 15) is 31.5 Å². The monoisotopic (exact) mass is 1460 g/mol. The van der Waals surface area contributed by atoms with Gasteiger partial charge in [-0.25, -0.2) is 8.78 Å². The van der Waals surface area contributed by atoms with Crippen molar-refractivity contribution in [2.24, 2.45) is 0 Å². The number of carbonyl (C=O) groups excluding carboxylic acids is 3. The third kappa shape index (κ3) is 26.0. The second kappa shape index (κ2) is 33.1. The number of aldehydes is 1. The number of hydrogen-bond acceptors (Lipinski definition) is 6. The van der Waals surface area contributed by atoms with Crippen LogP contribution in [0.5, 0.6) is 0 Å². The number of nitrogens with zero attached hydrogens (tertiary/aromatic N) is 2. The molecule has 0 aliphatic carbocycles. The van der Waals surface area contributed by atoms with E-state index in [4.69, 9.17) is 4.79 Å². The average Bonchev–Trinajstić information content (AvgIpc) is 3.21. The summed E-state index contributed by atoms with van der Waals surface area (Å²) in [4.78, 5) is 37.4. The zero-order chi connectivity index (χ0) is 42.2. The quantitative estimate of drug-likeness (QED) is 0.0771. The van der Waals surface area contributed by atoms with E-state index in [1.165, 1.54) is 43.5 Å². The molecule has 0 aromatic heterocycles. The van der Waals surface area contributed by atoms with Crippen molar-refractivity contribution in [2.45, 2.75) is 25.4 Å². The number of benzene rings is 4. The van der Waals surface area contributed by atoms with Crippen molar-refractivity contribution < 1.29 is 50.7 Å². The van der Waals surface area contributed by atoms with Gasteiger partial charge in [0.2, 0.25) is 6.29 Å². The number of halogens is 10. The number of piperidine rings is 1. The summed E-state index contributed by atoms with van der Waals surface area (Å²) in [5.74, 6) is -1.02. The van der Waals surface area contributed by atoms with Crippen LogP contribution in [0.15, 0.2) is 97.1 Å². The fraction of sp³-hybridized carbons (Fsp3) is 0.256. The molecule has 4 aromatic carbocycles. The summed E-state index contributed by atoms with van der Waals surface area (Å²) in [6.07, 6.45) is -1.94. The molecule has 2 amide bonds. The molecule has 2 saturated heterocycles. The molecule has 0 atom stereocenters. The molecule has 325 valence electrons. The first-order valence-electron chi connectivity index (χ1n) is 16.9. The van der Waals surface area contributed by atoms with Gasteiger partial charge in [-0.15, -0.1) is 0 Å². The van der Waals surface area contributed by atoms with Crippen LogP contribution in [-0.2, 0) is 19.2 Å². The molecule has 0 radical (unpaired) electrons. The molecule has 2 fully saturated rings. The molecule has 2 heterocycles. The Morgan fingerprint density at radius 1 is 0.627 bits per heavy atom. The molecule has 8 nitrogen and oxygen atoms in total. The average molecular weight is 1460 g/mol.